The number of nitrogens with zero attached hydrogens (tertiary/aromatic N) is 1. The molecule has 0 aliphatic heterocycles. The van der Waals surface area contributed by atoms with Crippen molar-refractivity contribution in [3.8, 4) is 0 Å². The van der Waals surface area contributed by atoms with Crippen molar-refractivity contribution < 1.29 is 4.92 Å². The van der Waals surface area contributed by atoms with Crippen LogP contribution in [0.25, 0.3) is 0 Å². The first-order valence-corrected chi connectivity index (χ1v) is 7.80. The predicted octanol–water partition coefficient (Wildman–Crippen LogP) is 5.10. The van der Waals surface area contributed by atoms with Gasteiger partial charge in [-0.05, 0) is 57.0 Å². The van der Waals surface area contributed by atoms with Crippen LogP contribution in [0, 0.1) is 17.0 Å². The van der Waals surface area contributed by atoms with Gasteiger partial charge in [-0.2, -0.15) is 0 Å². The van der Waals surface area contributed by atoms with Crippen LogP contribution in [0.1, 0.15) is 10.4 Å². The van der Waals surface area contributed by atoms with E-state index in [0.29, 0.717) is 16.6 Å². The summed E-state index contributed by atoms with van der Waals surface area (Å²) in [5, 5.41) is 14.1. The number of nitro benzene ring substituents is 1. The standard InChI is InChI=1S/C12H10Br2N2O2S/c1-7-4-10(9(13)5-11(7)16(17)18)15-6-8-2-3-12(14)19-8/h2-5,15H,6H2,1H3. The molecular weight excluding hydrogens is 396 g/mol. The zero-order valence-electron chi connectivity index (χ0n) is 9.94. The topological polar surface area (TPSA) is 55.2 Å². The SMILES string of the molecule is Cc1cc(NCc2ccc(Br)s2)c(Br)cc1[N+](=O)[O-]. The van der Waals surface area contributed by atoms with Gasteiger partial charge in [0.25, 0.3) is 5.69 Å². The summed E-state index contributed by atoms with van der Waals surface area (Å²) in [6, 6.07) is 7.35. The number of nitro groups is 1. The number of nitrogens with one attached hydrogen (secondary N) is 1. The summed E-state index contributed by atoms with van der Waals surface area (Å²) in [6.07, 6.45) is 0. The molecule has 1 aromatic carbocycles. The monoisotopic (exact) mass is 404 g/mol. The van der Waals surface area contributed by atoms with Gasteiger partial charge in [-0.15, -0.1) is 11.3 Å². The molecule has 0 bridgehead atoms. The molecule has 1 heterocycles. The van der Waals surface area contributed by atoms with Crippen LogP contribution in [0.5, 0.6) is 0 Å². The number of halogens is 2. The van der Waals surface area contributed by atoms with E-state index in [0.717, 1.165) is 9.47 Å². The molecule has 0 spiro atoms. The van der Waals surface area contributed by atoms with Gasteiger partial charge in [-0.1, -0.05) is 0 Å². The second kappa shape index (κ2) is 6.02. The first-order chi connectivity index (χ1) is 8.97. The zero-order chi connectivity index (χ0) is 14.0. The van der Waals surface area contributed by atoms with Gasteiger partial charge < -0.3 is 5.32 Å². The molecule has 0 atom stereocenters. The summed E-state index contributed by atoms with van der Waals surface area (Å²) in [4.78, 5) is 11.6. The molecule has 1 aromatic heterocycles. The minimum absolute atomic E-state index is 0.122. The number of anilines is 1. The number of rotatable bonds is 4. The molecule has 0 aliphatic carbocycles. The molecule has 4 nitrogen and oxygen atoms in total. The van der Waals surface area contributed by atoms with E-state index in [1.165, 1.54) is 10.9 Å². The molecular formula is C12H10Br2N2O2S. The molecule has 100 valence electrons. The van der Waals surface area contributed by atoms with Gasteiger partial charge >= 0.3 is 0 Å². The van der Waals surface area contributed by atoms with Gasteiger partial charge in [0.1, 0.15) is 0 Å². The lowest BCUT2D eigenvalue weighted by molar-refractivity contribution is -0.385. The van der Waals surface area contributed by atoms with Gasteiger partial charge in [0.05, 0.1) is 8.71 Å². The Kier molecular flexibility index (Phi) is 4.59. The van der Waals surface area contributed by atoms with Crippen molar-refractivity contribution in [1.82, 2.24) is 0 Å². The maximum absolute atomic E-state index is 10.8. The number of aryl methyl sites for hydroxylation is 1. The molecule has 0 saturated carbocycles. The van der Waals surface area contributed by atoms with Crippen molar-refractivity contribution in [2.45, 2.75) is 13.5 Å². The Hall–Kier alpha value is -0.920. The Bertz CT molecular complexity index is 628. The van der Waals surface area contributed by atoms with Crippen molar-refractivity contribution in [3.63, 3.8) is 0 Å². The first kappa shape index (κ1) is 14.5. The first-order valence-electron chi connectivity index (χ1n) is 5.40. The van der Waals surface area contributed by atoms with Gasteiger partial charge in [0.2, 0.25) is 0 Å². The Morgan fingerprint density at radius 1 is 1.37 bits per heavy atom. The third-order valence-electron chi connectivity index (χ3n) is 2.56. The molecule has 0 saturated heterocycles. The van der Waals surface area contributed by atoms with Crippen LogP contribution in [0.15, 0.2) is 32.5 Å². The normalized spacial score (nSPS) is 10.5. The molecule has 1 N–H and O–H groups in total. The van der Waals surface area contributed by atoms with Crippen LogP contribution >= 0.6 is 43.2 Å². The van der Waals surface area contributed by atoms with E-state index in [1.54, 1.807) is 24.3 Å². The van der Waals surface area contributed by atoms with Crippen LogP contribution in [-0.2, 0) is 6.54 Å². The lowest BCUT2D eigenvalue weighted by atomic mass is 10.2. The highest BCUT2D eigenvalue weighted by Gasteiger charge is 2.14. The van der Waals surface area contributed by atoms with Crippen molar-refractivity contribution in [2.24, 2.45) is 0 Å². The van der Waals surface area contributed by atoms with Crippen LogP contribution in [0.3, 0.4) is 0 Å². The highest BCUT2D eigenvalue weighted by molar-refractivity contribution is 9.11. The lowest BCUT2D eigenvalue weighted by Gasteiger charge is -2.09. The average molecular weight is 406 g/mol. The van der Waals surface area contributed by atoms with E-state index in [9.17, 15) is 10.1 Å². The second-order valence-corrected chi connectivity index (χ2v) is 7.34. The molecule has 7 heteroatoms. The highest BCUT2D eigenvalue weighted by atomic mass is 79.9. The minimum Gasteiger partial charge on any atom is -0.379 e. The number of hydrogen-bond acceptors (Lipinski definition) is 4. The zero-order valence-corrected chi connectivity index (χ0v) is 13.9. The maximum atomic E-state index is 10.8. The van der Waals surface area contributed by atoms with Crippen LogP contribution < -0.4 is 5.32 Å². The van der Waals surface area contributed by atoms with E-state index >= 15 is 0 Å². The number of thiophene rings is 1. The van der Waals surface area contributed by atoms with Gasteiger partial charge in [-0.25, -0.2) is 0 Å². The molecule has 19 heavy (non-hydrogen) atoms. The summed E-state index contributed by atoms with van der Waals surface area (Å²) in [5.41, 5.74) is 1.62. The largest absolute Gasteiger partial charge is 0.379 e. The van der Waals surface area contributed by atoms with Crippen molar-refractivity contribution in [2.75, 3.05) is 5.32 Å². The van der Waals surface area contributed by atoms with E-state index in [4.69, 9.17) is 0 Å². The predicted molar refractivity (Wildman–Crippen MR) is 84.9 cm³/mol. The number of hydrogen-bond donors (Lipinski definition) is 1. The van der Waals surface area contributed by atoms with Crippen molar-refractivity contribution in [3.05, 3.63) is 53.1 Å². The third kappa shape index (κ3) is 3.55. The molecule has 0 fully saturated rings. The Morgan fingerprint density at radius 3 is 2.68 bits per heavy atom. The minimum atomic E-state index is -0.375. The van der Waals surface area contributed by atoms with Crippen molar-refractivity contribution in [1.29, 1.82) is 0 Å². The number of benzene rings is 1. The molecule has 0 radical (unpaired) electrons. The van der Waals surface area contributed by atoms with E-state index in [2.05, 4.69) is 37.2 Å². The fourth-order valence-corrected chi connectivity index (χ4v) is 3.53. The van der Waals surface area contributed by atoms with Gasteiger partial charge in [-0.3, -0.25) is 10.1 Å². The highest BCUT2D eigenvalue weighted by Crippen LogP contribution is 2.31. The van der Waals surface area contributed by atoms with Crippen LogP contribution in [0.2, 0.25) is 0 Å². The van der Waals surface area contributed by atoms with Gasteiger partial charge in [0, 0.05) is 33.2 Å². The average Bonchev–Trinajstić information content (AvgIpc) is 2.75. The molecule has 0 amide bonds. The summed E-state index contributed by atoms with van der Waals surface area (Å²) in [5.74, 6) is 0. The van der Waals surface area contributed by atoms with E-state index in [1.807, 2.05) is 12.1 Å². The van der Waals surface area contributed by atoms with Gasteiger partial charge in [0.15, 0.2) is 0 Å². The smallest absolute Gasteiger partial charge is 0.273 e. The Labute approximate surface area is 131 Å². The second-order valence-electron chi connectivity index (χ2n) is 3.94. The Balaban J connectivity index is 2.17. The van der Waals surface area contributed by atoms with Crippen LogP contribution in [-0.4, -0.2) is 4.92 Å². The van der Waals surface area contributed by atoms with E-state index < -0.39 is 0 Å². The summed E-state index contributed by atoms with van der Waals surface area (Å²) >= 11 is 8.43. The lowest BCUT2D eigenvalue weighted by Crippen LogP contribution is -2.00. The van der Waals surface area contributed by atoms with Crippen molar-refractivity contribution >= 4 is 54.6 Å². The molecule has 0 aliphatic rings. The Morgan fingerprint density at radius 2 is 2.11 bits per heavy atom. The third-order valence-corrected chi connectivity index (χ3v) is 4.84. The fourth-order valence-electron chi connectivity index (χ4n) is 1.63. The summed E-state index contributed by atoms with van der Waals surface area (Å²) in [7, 11) is 0. The van der Waals surface area contributed by atoms with Crippen LogP contribution in [0.4, 0.5) is 11.4 Å². The summed E-state index contributed by atoms with van der Waals surface area (Å²) < 4.78 is 1.78. The molecule has 2 aromatic rings. The fraction of sp³-hybridized carbons (Fsp3) is 0.167. The van der Waals surface area contributed by atoms with E-state index in [-0.39, 0.29) is 10.6 Å². The molecule has 2 rings (SSSR count). The summed E-state index contributed by atoms with van der Waals surface area (Å²) in [6.45, 7) is 2.42. The quantitative estimate of drug-likeness (QED) is 0.568. The molecule has 0 unspecified atom stereocenters. The maximum Gasteiger partial charge on any atom is 0.273 e.